The smallest absolute Gasteiger partial charge is 0.238 e. The predicted molar refractivity (Wildman–Crippen MR) is 85.4 cm³/mol. The van der Waals surface area contributed by atoms with Crippen molar-refractivity contribution in [2.45, 2.75) is 31.7 Å². The van der Waals surface area contributed by atoms with E-state index in [1.807, 2.05) is 4.90 Å². The molecule has 2 amide bonds. The van der Waals surface area contributed by atoms with Gasteiger partial charge >= 0.3 is 0 Å². The monoisotopic (exact) mass is 319 g/mol. The molecule has 6 heteroatoms. The zero-order valence-corrected chi connectivity index (χ0v) is 13.1. The summed E-state index contributed by atoms with van der Waals surface area (Å²) < 4.78 is 13.5. The second-order valence-electron chi connectivity index (χ2n) is 6.39. The third-order valence-electron chi connectivity index (χ3n) is 4.32. The molecular formula is C17H22FN3O2. The number of para-hydroxylation sites is 1. The molecule has 1 saturated heterocycles. The lowest BCUT2D eigenvalue weighted by Crippen LogP contribution is -2.45. The van der Waals surface area contributed by atoms with Gasteiger partial charge in [0, 0.05) is 12.6 Å². The van der Waals surface area contributed by atoms with Crippen LogP contribution in [0, 0.1) is 11.7 Å². The highest BCUT2D eigenvalue weighted by Crippen LogP contribution is 2.22. The number of nitrogens with zero attached hydrogens (tertiary/aromatic N) is 1. The van der Waals surface area contributed by atoms with E-state index in [1.54, 1.807) is 12.1 Å². The van der Waals surface area contributed by atoms with Gasteiger partial charge in [-0.05, 0) is 44.4 Å². The average molecular weight is 319 g/mol. The third-order valence-corrected chi connectivity index (χ3v) is 4.32. The van der Waals surface area contributed by atoms with Gasteiger partial charge in [0.2, 0.25) is 11.8 Å². The molecule has 1 unspecified atom stereocenters. The number of anilines is 1. The van der Waals surface area contributed by atoms with Gasteiger partial charge in [0.1, 0.15) is 5.82 Å². The van der Waals surface area contributed by atoms with E-state index in [2.05, 4.69) is 10.6 Å². The fraction of sp³-hybridized carbons (Fsp3) is 0.529. The molecule has 2 aliphatic rings. The van der Waals surface area contributed by atoms with Crippen molar-refractivity contribution in [1.82, 2.24) is 10.2 Å². The van der Waals surface area contributed by atoms with Gasteiger partial charge in [0.25, 0.3) is 0 Å². The highest BCUT2D eigenvalue weighted by molar-refractivity contribution is 5.92. The summed E-state index contributed by atoms with van der Waals surface area (Å²) in [5.74, 6) is -0.642. The van der Waals surface area contributed by atoms with Gasteiger partial charge in [-0.2, -0.15) is 0 Å². The van der Waals surface area contributed by atoms with Crippen molar-refractivity contribution in [3.05, 3.63) is 30.1 Å². The van der Waals surface area contributed by atoms with Crippen LogP contribution in [0.3, 0.4) is 0 Å². The molecule has 0 spiro atoms. The van der Waals surface area contributed by atoms with E-state index >= 15 is 0 Å². The number of hydrogen-bond acceptors (Lipinski definition) is 3. The fourth-order valence-electron chi connectivity index (χ4n) is 2.92. The molecule has 5 nitrogen and oxygen atoms in total. The predicted octanol–water partition coefficient (Wildman–Crippen LogP) is 1.75. The van der Waals surface area contributed by atoms with Crippen molar-refractivity contribution in [2.75, 3.05) is 25.0 Å². The van der Waals surface area contributed by atoms with Gasteiger partial charge in [-0.1, -0.05) is 12.1 Å². The van der Waals surface area contributed by atoms with E-state index in [0.29, 0.717) is 12.6 Å². The minimum atomic E-state index is -0.443. The second-order valence-corrected chi connectivity index (χ2v) is 6.39. The molecule has 1 aromatic carbocycles. The molecule has 3 rings (SSSR count). The van der Waals surface area contributed by atoms with Crippen LogP contribution in [0.15, 0.2) is 24.3 Å². The van der Waals surface area contributed by atoms with E-state index in [4.69, 9.17) is 0 Å². The number of carbonyl (C=O) groups is 2. The molecule has 1 aliphatic carbocycles. The Morgan fingerprint density at radius 3 is 2.74 bits per heavy atom. The maximum atomic E-state index is 13.5. The molecule has 1 atom stereocenters. The highest BCUT2D eigenvalue weighted by Gasteiger charge is 2.30. The summed E-state index contributed by atoms with van der Waals surface area (Å²) in [5.41, 5.74) is 0.192. The lowest BCUT2D eigenvalue weighted by Gasteiger charge is -2.31. The Kier molecular flexibility index (Phi) is 4.91. The molecule has 0 bridgehead atoms. The molecule has 2 N–H and O–H groups in total. The number of piperidine rings is 1. The maximum Gasteiger partial charge on any atom is 0.238 e. The van der Waals surface area contributed by atoms with Crippen LogP contribution in [0.5, 0.6) is 0 Å². The molecule has 23 heavy (non-hydrogen) atoms. The molecular weight excluding hydrogens is 297 g/mol. The first-order chi connectivity index (χ1) is 11.1. The van der Waals surface area contributed by atoms with Crippen molar-refractivity contribution in [3.8, 4) is 0 Å². The molecule has 1 aliphatic heterocycles. The lowest BCUT2D eigenvalue weighted by atomic mass is 9.97. The maximum absolute atomic E-state index is 13.5. The first-order valence-electron chi connectivity index (χ1n) is 8.19. The number of hydrogen-bond donors (Lipinski definition) is 2. The highest BCUT2D eigenvalue weighted by atomic mass is 19.1. The fourth-order valence-corrected chi connectivity index (χ4v) is 2.92. The number of rotatable bonds is 5. The standard InChI is InChI=1S/C17H22FN3O2/c18-14-5-1-2-6-15(14)20-16(22)11-21-9-3-4-12(10-21)17(23)19-13-7-8-13/h1-2,5-6,12-13H,3-4,7-11H2,(H,19,23)(H,20,22). The van der Waals surface area contributed by atoms with Gasteiger partial charge in [-0.3, -0.25) is 14.5 Å². The SMILES string of the molecule is O=C(CN1CCCC(C(=O)NC2CC2)C1)Nc1ccccc1F. The summed E-state index contributed by atoms with van der Waals surface area (Å²) in [6.45, 7) is 1.56. The molecule has 0 radical (unpaired) electrons. The Hall–Kier alpha value is -1.95. The Bertz CT molecular complexity index is 589. The Labute approximate surface area is 135 Å². The zero-order valence-electron chi connectivity index (χ0n) is 13.1. The first-order valence-corrected chi connectivity index (χ1v) is 8.19. The van der Waals surface area contributed by atoms with Crippen LogP contribution in [0.1, 0.15) is 25.7 Å². The van der Waals surface area contributed by atoms with Crippen molar-refractivity contribution < 1.29 is 14.0 Å². The van der Waals surface area contributed by atoms with Crippen molar-refractivity contribution in [2.24, 2.45) is 5.92 Å². The van der Waals surface area contributed by atoms with Crippen LogP contribution >= 0.6 is 0 Å². The summed E-state index contributed by atoms with van der Waals surface area (Å²) in [4.78, 5) is 26.2. The number of benzene rings is 1. The molecule has 1 heterocycles. The topological polar surface area (TPSA) is 61.4 Å². The Balaban J connectivity index is 1.49. The minimum absolute atomic E-state index is 0.0504. The second kappa shape index (κ2) is 7.08. The largest absolute Gasteiger partial charge is 0.353 e. The van der Waals surface area contributed by atoms with Crippen molar-refractivity contribution in [3.63, 3.8) is 0 Å². The number of nitrogens with one attached hydrogen (secondary N) is 2. The van der Waals surface area contributed by atoms with Gasteiger partial charge < -0.3 is 10.6 Å². The van der Waals surface area contributed by atoms with Crippen LogP contribution in [-0.4, -0.2) is 42.4 Å². The Morgan fingerprint density at radius 2 is 2.00 bits per heavy atom. The van der Waals surface area contributed by atoms with Gasteiger partial charge in [0.15, 0.2) is 0 Å². The van der Waals surface area contributed by atoms with Gasteiger partial charge in [-0.15, -0.1) is 0 Å². The summed E-state index contributed by atoms with van der Waals surface area (Å²) in [5, 5.41) is 5.62. The normalized spacial score (nSPS) is 21.7. The summed E-state index contributed by atoms with van der Waals surface area (Å²) in [7, 11) is 0. The third kappa shape index (κ3) is 4.51. The average Bonchev–Trinajstić information content (AvgIpc) is 3.34. The van der Waals surface area contributed by atoms with Crippen LogP contribution in [0.25, 0.3) is 0 Å². The van der Waals surface area contributed by atoms with E-state index in [-0.39, 0.29) is 30.0 Å². The summed E-state index contributed by atoms with van der Waals surface area (Å²) in [6, 6.07) is 6.47. The number of carbonyl (C=O) groups excluding carboxylic acids is 2. The number of amides is 2. The van der Waals surface area contributed by atoms with E-state index < -0.39 is 5.82 Å². The molecule has 1 saturated carbocycles. The van der Waals surface area contributed by atoms with Crippen LogP contribution in [0.2, 0.25) is 0 Å². The summed E-state index contributed by atoms with van der Waals surface area (Å²) >= 11 is 0. The van der Waals surface area contributed by atoms with Gasteiger partial charge in [0.05, 0.1) is 18.2 Å². The minimum Gasteiger partial charge on any atom is -0.353 e. The quantitative estimate of drug-likeness (QED) is 0.869. The summed E-state index contributed by atoms with van der Waals surface area (Å²) in [6.07, 6.45) is 3.92. The molecule has 1 aromatic rings. The zero-order chi connectivity index (χ0) is 16.2. The first kappa shape index (κ1) is 15.9. The number of halogens is 1. The van der Waals surface area contributed by atoms with Gasteiger partial charge in [-0.25, -0.2) is 4.39 Å². The molecule has 0 aromatic heterocycles. The number of likely N-dealkylation sites (tertiary alicyclic amines) is 1. The molecule has 124 valence electrons. The van der Waals surface area contributed by atoms with Crippen molar-refractivity contribution >= 4 is 17.5 Å². The van der Waals surface area contributed by atoms with E-state index in [9.17, 15) is 14.0 Å². The van der Waals surface area contributed by atoms with Crippen molar-refractivity contribution in [1.29, 1.82) is 0 Å². The molecule has 2 fully saturated rings. The van der Waals surface area contributed by atoms with Crippen LogP contribution in [0.4, 0.5) is 10.1 Å². The van der Waals surface area contributed by atoms with E-state index in [0.717, 1.165) is 32.2 Å². The van der Waals surface area contributed by atoms with Crippen LogP contribution in [-0.2, 0) is 9.59 Å². The lowest BCUT2D eigenvalue weighted by molar-refractivity contribution is -0.128. The van der Waals surface area contributed by atoms with E-state index in [1.165, 1.54) is 12.1 Å². The Morgan fingerprint density at radius 1 is 1.22 bits per heavy atom. The van der Waals surface area contributed by atoms with Crippen LogP contribution < -0.4 is 10.6 Å².